The molecule has 0 amide bonds. The zero-order valence-electron chi connectivity index (χ0n) is 12.6. The number of aliphatic hydroxyl groups excluding tert-OH is 2. The van der Waals surface area contributed by atoms with Crippen molar-refractivity contribution in [2.24, 2.45) is 0 Å². The van der Waals surface area contributed by atoms with E-state index in [-0.39, 0.29) is 19.2 Å². The van der Waals surface area contributed by atoms with Crippen LogP contribution in [0.15, 0.2) is 0 Å². The number of aliphatic hydroxyl groups is 2. The van der Waals surface area contributed by atoms with Crippen molar-refractivity contribution in [3.05, 3.63) is 0 Å². The molecule has 5 heteroatoms. The van der Waals surface area contributed by atoms with Gasteiger partial charge in [0.05, 0.1) is 6.61 Å². The van der Waals surface area contributed by atoms with Crippen LogP contribution in [0.2, 0.25) is 0 Å². The van der Waals surface area contributed by atoms with E-state index in [0.717, 1.165) is 38.9 Å². The Labute approximate surface area is 116 Å². The minimum atomic E-state index is -0.949. The summed E-state index contributed by atoms with van der Waals surface area (Å²) in [5.74, 6) is -0.298. The third-order valence-corrected chi connectivity index (χ3v) is 2.29. The highest BCUT2D eigenvalue weighted by atomic mass is 16.5. The Morgan fingerprint density at radius 1 is 1.11 bits per heavy atom. The lowest BCUT2D eigenvalue weighted by Crippen LogP contribution is -2.21. The molecule has 0 aliphatic rings. The van der Waals surface area contributed by atoms with E-state index in [1.165, 1.54) is 0 Å². The first-order valence-electron chi connectivity index (χ1n) is 7.14. The number of rotatable bonds is 10. The molecule has 0 radical (unpaired) electrons. The summed E-state index contributed by atoms with van der Waals surface area (Å²) >= 11 is 0. The van der Waals surface area contributed by atoms with Crippen molar-refractivity contribution in [3.63, 3.8) is 0 Å². The van der Waals surface area contributed by atoms with Gasteiger partial charge in [0.25, 0.3) is 0 Å². The largest absolute Gasteiger partial charge is 0.463 e. The van der Waals surface area contributed by atoms with E-state index in [1.807, 2.05) is 13.8 Å². The van der Waals surface area contributed by atoms with Gasteiger partial charge in [0.15, 0.2) is 0 Å². The van der Waals surface area contributed by atoms with Crippen LogP contribution >= 0.6 is 0 Å². The predicted molar refractivity (Wildman–Crippen MR) is 75.0 cm³/mol. The molecule has 0 bridgehead atoms. The van der Waals surface area contributed by atoms with Crippen molar-refractivity contribution in [2.45, 2.75) is 59.0 Å². The van der Waals surface area contributed by atoms with Crippen LogP contribution in [0.3, 0.4) is 0 Å². The van der Waals surface area contributed by atoms with Gasteiger partial charge in [-0.3, -0.25) is 4.79 Å². The molecule has 0 aliphatic carbocycles. The van der Waals surface area contributed by atoms with E-state index < -0.39 is 6.10 Å². The lowest BCUT2D eigenvalue weighted by atomic mass is 10.2. The predicted octanol–water partition coefficient (Wildman–Crippen LogP) is 1.90. The molecule has 19 heavy (non-hydrogen) atoms. The first-order chi connectivity index (χ1) is 9.12. The molecule has 116 valence electrons. The van der Waals surface area contributed by atoms with E-state index in [0.29, 0.717) is 6.42 Å². The summed E-state index contributed by atoms with van der Waals surface area (Å²) in [6, 6.07) is 0. The van der Waals surface area contributed by atoms with Crippen LogP contribution in [-0.2, 0) is 14.3 Å². The van der Waals surface area contributed by atoms with Gasteiger partial charge in [-0.2, -0.15) is 0 Å². The molecule has 1 atom stereocenters. The smallest absolute Gasteiger partial charge is 0.305 e. The Morgan fingerprint density at radius 3 is 2.16 bits per heavy atom. The summed E-state index contributed by atoms with van der Waals surface area (Å²) in [6.45, 7) is 7.29. The minimum absolute atomic E-state index is 0.108. The van der Waals surface area contributed by atoms with Crippen LogP contribution < -0.4 is 0 Å². The third-order valence-electron chi connectivity index (χ3n) is 2.29. The van der Waals surface area contributed by atoms with Gasteiger partial charge in [0.1, 0.15) is 12.7 Å². The second-order valence-corrected chi connectivity index (χ2v) is 4.11. The van der Waals surface area contributed by atoms with Gasteiger partial charge in [-0.15, -0.1) is 0 Å². The maximum Gasteiger partial charge on any atom is 0.305 e. The summed E-state index contributed by atoms with van der Waals surface area (Å²) < 4.78 is 9.56. The van der Waals surface area contributed by atoms with Crippen molar-refractivity contribution in [1.82, 2.24) is 0 Å². The van der Waals surface area contributed by atoms with Crippen LogP contribution in [0, 0.1) is 0 Å². The monoisotopic (exact) mass is 278 g/mol. The number of hydrogen-bond acceptors (Lipinski definition) is 5. The zero-order chi connectivity index (χ0) is 14.9. The van der Waals surface area contributed by atoms with Crippen LogP contribution in [0.5, 0.6) is 0 Å². The first kappa shape index (κ1) is 20.7. The number of unbranched alkanes of at least 4 members (excludes halogenated alkanes) is 3. The maximum absolute atomic E-state index is 11.0. The fourth-order valence-corrected chi connectivity index (χ4v) is 1.21. The molecule has 0 aromatic heterocycles. The normalized spacial score (nSPS) is 11.4. The van der Waals surface area contributed by atoms with Crippen molar-refractivity contribution < 1.29 is 24.5 Å². The average molecular weight is 278 g/mol. The lowest BCUT2D eigenvalue weighted by molar-refractivity contribution is -0.147. The van der Waals surface area contributed by atoms with Crippen molar-refractivity contribution >= 4 is 5.97 Å². The number of carbonyl (C=O) groups is 1. The highest BCUT2D eigenvalue weighted by Gasteiger charge is 2.06. The number of esters is 1. The summed E-state index contributed by atoms with van der Waals surface area (Å²) in [5.41, 5.74) is 0. The molecule has 0 fully saturated rings. The summed E-state index contributed by atoms with van der Waals surface area (Å²) in [6.07, 6.45) is 3.59. The van der Waals surface area contributed by atoms with Gasteiger partial charge in [-0.1, -0.05) is 26.2 Å². The second-order valence-electron chi connectivity index (χ2n) is 4.11. The number of hydrogen-bond donors (Lipinski definition) is 2. The summed E-state index contributed by atoms with van der Waals surface area (Å²) in [4.78, 5) is 11.0. The van der Waals surface area contributed by atoms with Gasteiger partial charge in [0.2, 0.25) is 0 Å². The summed E-state index contributed by atoms with van der Waals surface area (Å²) in [5, 5.41) is 17.3. The standard InChI is InChI=1S/C10H20O4.C4H10O/c1-2-3-4-5-6-10(13)14-8-9(12)7-11;1-3-5-4-2/h9,11-12H,2-8H2,1H3;3-4H2,1-2H3. The van der Waals surface area contributed by atoms with E-state index in [9.17, 15) is 4.79 Å². The van der Waals surface area contributed by atoms with Crippen molar-refractivity contribution in [2.75, 3.05) is 26.4 Å². The van der Waals surface area contributed by atoms with Gasteiger partial charge < -0.3 is 19.7 Å². The van der Waals surface area contributed by atoms with Gasteiger partial charge in [0, 0.05) is 19.6 Å². The fraction of sp³-hybridized carbons (Fsp3) is 0.929. The fourth-order valence-electron chi connectivity index (χ4n) is 1.21. The molecule has 0 aliphatic heterocycles. The van der Waals surface area contributed by atoms with E-state index in [1.54, 1.807) is 0 Å². The molecule has 0 saturated carbocycles. The second kappa shape index (κ2) is 17.4. The maximum atomic E-state index is 11.0. The molecule has 0 aromatic rings. The summed E-state index contributed by atoms with van der Waals surface area (Å²) in [7, 11) is 0. The van der Waals surface area contributed by atoms with E-state index in [2.05, 4.69) is 6.92 Å². The van der Waals surface area contributed by atoms with Gasteiger partial charge in [-0.25, -0.2) is 0 Å². The van der Waals surface area contributed by atoms with Crippen LogP contribution in [0.4, 0.5) is 0 Å². The number of ether oxygens (including phenoxy) is 2. The Morgan fingerprint density at radius 2 is 1.74 bits per heavy atom. The zero-order valence-corrected chi connectivity index (χ0v) is 12.6. The molecule has 5 nitrogen and oxygen atoms in total. The quantitative estimate of drug-likeness (QED) is 0.471. The third kappa shape index (κ3) is 19.9. The lowest BCUT2D eigenvalue weighted by Gasteiger charge is -2.07. The van der Waals surface area contributed by atoms with Gasteiger partial charge >= 0.3 is 5.97 Å². The Balaban J connectivity index is 0. The molecule has 1 unspecified atom stereocenters. The molecule has 0 spiro atoms. The SMILES string of the molecule is CCCCCCC(=O)OCC(O)CO.CCOCC. The first-order valence-corrected chi connectivity index (χ1v) is 7.14. The van der Waals surface area contributed by atoms with E-state index >= 15 is 0 Å². The van der Waals surface area contributed by atoms with Crippen molar-refractivity contribution in [1.29, 1.82) is 0 Å². The van der Waals surface area contributed by atoms with Gasteiger partial charge in [-0.05, 0) is 20.3 Å². The molecule has 2 N–H and O–H groups in total. The Hall–Kier alpha value is -0.650. The Kier molecular flexibility index (Phi) is 18.9. The molecular weight excluding hydrogens is 248 g/mol. The molecule has 0 rings (SSSR count). The topological polar surface area (TPSA) is 76.0 Å². The molecule has 0 saturated heterocycles. The minimum Gasteiger partial charge on any atom is -0.463 e. The molecular formula is C14H30O5. The molecule has 0 aromatic carbocycles. The van der Waals surface area contributed by atoms with E-state index in [4.69, 9.17) is 19.7 Å². The van der Waals surface area contributed by atoms with Crippen LogP contribution in [-0.4, -0.2) is 48.7 Å². The highest BCUT2D eigenvalue weighted by Crippen LogP contribution is 2.03. The number of carbonyl (C=O) groups excluding carboxylic acids is 1. The van der Waals surface area contributed by atoms with Crippen molar-refractivity contribution in [3.8, 4) is 0 Å². The van der Waals surface area contributed by atoms with Crippen LogP contribution in [0.25, 0.3) is 0 Å². The Bertz CT molecular complexity index is 183. The highest BCUT2D eigenvalue weighted by molar-refractivity contribution is 5.69. The average Bonchev–Trinajstić information content (AvgIpc) is 2.42. The molecule has 0 heterocycles. The van der Waals surface area contributed by atoms with Crippen LogP contribution in [0.1, 0.15) is 52.9 Å².